The number of aliphatic hydroxyl groups is 1. The first-order valence-electron chi connectivity index (χ1n) is 41.1. The van der Waals surface area contributed by atoms with E-state index in [0.717, 1.165) is 95.8 Å². The van der Waals surface area contributed by atoms with Gasteiger partial charge in [0.25, 0.3) is 0 Å². The molecule has 0 rings (SSSR count). The first kappa shape index (κ1) is 96.1. The molecule has 0 aromatic rings. The number of hydrogen-bond donors (Lipinski definition) is 3. The van der Waals surface area contributed by atoms with Crippen molar-refractivity contribution in [2.75, 3.05) is 39.6 Å². The molecule has 0 aliphatic carbocycles. The summed E-state index contributed by atoms with van der Waals surface area (Å²) >= 11 is 0. The molecule has 3 N–H and O–H groups in total. The summed E-state index contributed by atoms with van der Waals surface area (Å²) in [6, 6.07) is 0. The molecule has 98 heavy (non-hydrogen) atoms. The summed E-state index contributed by atoms with van der Waals surface area (Å²) in [5, 5.41) is 10.6. The van der Waals surface area contributed by atoms with Crippen LogP contribution >= 0.6 is 15.6 Å². The van der Waals surface area contributed by atoms with E-state index in [-0.39, 0.29) is 25.7 Å². The molecule has 0 amide bonds. The van der Waals surface area contributed by atoms with E-state index in [1.807, 2.05) is 0 Å². The predicted molar refractivity (Wildman–Crippen MR) is 400 cm³/mol. The molecule has 2 unspecified atom stereocenters. The van der Waals surface area contributed by atoms with Gasteiger partial charge in [0.05, 0.1) is 26.4 Å². The predicted octanol–water partition coefficient (Wildman–Crippen LogP) is 23.6. The molecule has 0 fully saturated rings. The van der Waals surface area contributed by atoms with Gasteiger partial charge >= 0.3 is 39.5 Å². The summed E-state index contributed by atoms with van der Waals surface area (Å²) in [5.41, 5.74) is 0. The molecule has 19 heteroatoms. The fourth-order valence-corrected chi connectivity index (χ4v) is 13.8. The van der Waals surface area contributed by atoms with Crippen molar-refractivity contribution in [3.63, 3.8) is 0 Å². The zero-order chi connectivity index (χ0) is 71.9. The SMILES string of the molecule is CCCCCCCCCCCCCCCCCCCCC(=O)O[C@H](COC(=O)CCCCCCCCCCCCCCCC(C)C)COP(=O)(O)OC[C@@H](O)COP(=O)(O)OC[C@@H](COC(=O)CCCCCCCCCCC)OC(=O)CCCCCCCCCCCCCCCCC. The molecule has 0 aromatic heterocycles. The molecule has 0 aliphatic heterocycles. The Kier molecular flexibility index (Phi) is 70.6. The van der Waals surface area contributed by atoms with E-state index in [1.165, 1.54) is 244 Å². The Hall–Kier alpha value is -1.94. The van der Waals surface area contributed by atoms with Gasteiger partial charge in [0.2, 0.25) is 0 Å². The maximum Gasteiger partial charge on any atom is 0.472 e. The van der Waals surface area contributed by atoms with E-state index in [4.69, 9.17) is 37.0 Å². The fourth-order valence-electron chi connectivity index (χ4n) is 12.2. The van der Waals surface area contributed by atoms with Gasteiger partial charge in [-0.3, -0.25) is 37.3 Å². The maximum atomic E-state index is 13.1. The Labute approximate surface area is 600 Å². The molecule has 582 valence electrons. The second kappa shape index (κ2) is 72.0. The van der Waals surface area contributed by atoms with Gasteiger partial charge in [-0.25, -0.2) is 9.13 Å². The monoisotopic (exact) mass is 1440 g/mol. The fraction of sp³-hybridized carbons (Fsp3) is 0.949. The van der Waals surface area contributed by atoms with Crippen LogP contribution in [0.15, 0.2) is 0 Å². The first-order chi connectivity index (χ1) is 47.5. The number of carbonyl (C=O) groups excluding carboxylic acids is 4. The third-order valence-corrected chi connectivity index (χ3v) is 20.4. The Morgan fingerprint density at radius 2 is 0.469 bits per heavy atom. The first-order valence-corrected chi connectivity index (χ1v) is 44.1. The van der Waals surface area contributed by atoms with Gasteiger partial charge in [-0.05, 0) is 31.6 Å². The minimum absolute atomic E-state index is 0.108. The summed E-state index contributed by atoms with van der Waals surface area (Å²) in [6.07, 6.45) is 62.3. The Morgan fingerprint density at radius 1 is 0.276 bits per heavy atom. The molecule has 0 radical (unpaired) electrons. The van der Waals surface area contributed by atoms with E-state index in [0.29, 0.717) is 25.7 Å². The van der Waals surface area contributed by atoms with Crippen molar-refractivity contribution >= 4 is 39.5 Å². The van der Waals surface area contributed by atoms with Crippen molar-refractivity contribution in [2.24, 2.45) is 5.92 Å². The van der Waals surface area contributed by atoms with Crippen LogP contribution in [0.1, 0.15) is 420 Å². The highest BCUT2D eigenvalue weighted by atomic mass is 31.2. The van der Waals surface area contributed by atoms with Crippen LogP contribution in [-0.2, 0) is 65.4 Å². The van der Waals surface area contributed by atoms with Crippen molar-refractivity contribution in [3.8, 4) is 0 Å². The van der Waals surface area contributed by atoms with E-state index in [2.05, 4.69) is 34.6 Å². The van der Waals surface area contributed by atoms with Crippen molar-refractivity contribution in [1.29, 1.82) is 0 Å². The van der Waals surface area contributed by atoms with Gasteiger partial charge in [0, 0.05) is 25.7 Å². The summed E-state index contributed by atoms with van der Waals surface area (Å²) in [7, 11) is -9.91. The van der Waals surface area contributed by atoms with Crippen LogP contribution in [0.25, 0.3) is 0 Å². The summed E-state index contributed by atoms with van der Waals surface area (Å²) in [5.74, 6) is -1.32. The zero-order valence-electron chi connectivity index (χ0n) is 63.9. The van der Waals surface area contributed by atoms with Crippen molar-refractivity contribution < 1.29 is 80.2 Å². The number of rotatable bonds is 79. The van der Waals surface area contributed by atoms with Gasteiger partial charge < -0.3 is 33.8 Å². The van der Waals surface area contributed by atoms with Crippen molar-refractivity contribution in [1.82, 2.24) is 0 Å². The highest BCUT2D eigenvalue weighted by Gasteiger charge is 2.30. The molecule has 0 saturated heterocycles. The number of carbonyl (C=O) groups is 4. The third kappa shape index (κ3) is 72.4. The van der Waals surface area contributed by atoms with E-state index < -0.39 is 97.5 Å². The van der Waals surface area contributed by atoms with E-state index in [9.17, 15) is 43.2 Å². The van der Waals surface area contributed by atoms with Crippen LogP contribution in [0.4, 0.5) is 0 Å². The molecule has 5 atom stereocenters. The Bertz CT molecular complexity index is 1870. The van der Waals surface area contributed by atoms with Crippen LogP contribution in [0.2, 0.25) is 0 Å². The van der Waals surface area contributed by atoms with Crippen LogP contribution in [0.5, 0.6) is 0 Å². The lowest BCUT2D eigenvalue weighted by Gasteiger charge is -2.21. The zero-order valence-corrected chi connectivity index (χ0v) is 65.7. The third-order valence-electron chi connectivity index (χ3n) is 18.5. The van der Waals surface area contributed by atoms with Gasteiger partial charge in [-0.2, -0.15) is 0 Å². The lowest BCUT2D eigenvalue weighted by molar-refractivity contribution is -0.161. The highest BCUT2D eigenvalue weighted by molar-refractivity contribution is 7.47. The normalized spacial score (nSPS) is 13.9. The summed E-state index contributed by atoms with van der Waals surface area (Å²) in [4.78, 5) is 72.9. The highest BCUT2D eigenvalue weighted by Crippen LogP contribution is 2.45. The second-order valence-corrected chi connectivity index (χ2v) is 31.8. The number of unbranched alkanes of at least 4 members (excludes halogenated alkanes) is 51. The van der Waals surface area contributed by atoms with Crippen molar-refractivity contribution in [3.05, 3.63) is 0 Å². The van der Waals surface area contributed by atoms with Crippen LogP contribution in [-0.4, -0.2) is 96.7 Å². The standard InChI is InChI=1S/C79H154O17P2/c1-6-9-12-15-18-21-23-25-27-28-29-31-35-40-45-50-55-60-65-79(84)96-75(69-90-77(82)63-58-53-48-43-38-36-32-33-37-42-46-51-56-61-72(4)5)71-94-98(87,88)92-67-73(80)66-91-97(85,86)93-70-74(68-89-76(81)62-57-52-47-41-20-17-14-11-8-3)95-78(83)64-59-54-49-44-39-34-30-26-24-22-19-16-13-10-7-2/h72-75,80H,6-71H2,1-5H3,(H,85,86)(H,87,88)/t73-,74+,75+/m0/s1. The second-order valence-electron chi connectivity index (χ2n) is 28.9. The Balaban J connectivity index is 5.22. The molecule has 0 aromatic carbocycles. The van der Waals surface area contributed by atoms with Gasteiger partial charge in [-0.1, -0.05) is 369 Å². The molecular formula is C79H154O17P2. The number of ether oxygens (including phenoxy) is 4. The van der Waals surface area contributed by atoms with Crippen LogP contribution in [0.3, 0.4) is 0 Å². The molecule has 0 spiro atoms. The minimum Gasteiger partial charge on any atom is -0.462 e. The minimum atomic E-state index is -4.96. The molecule has 0 saturated carbocycles. The topological polar surface area (TPSA) is 237 Å². The summed E-state index contributed by atoms with van der Waals surface area (Å²) < 4.78 is 68.6. The number of phosphoric ester groups is 2. The quantitative estimate of drug-likeness (QED) is 0.0222. The average molecular weight is 1440 g/mol. The Morgan fingerprint density at radius 3 is 0.694 bits per heavy atom. The van der Waals surface area contributed by atoms with Crippen molar-refractivity contribution in [2.45, 2.75) is 438 Å². The molecule has 0 aliphatic rings. The summed E-state index contributed by atoms with van der Waals surface area (Å²) in [6.45, 7) is 7.33. The molecule has 0 bridgehead atoms. The average Bonchev–Trinajstić information content (AvgIpc) is 1.31. The molecule has 0 heterocycles. The largest absolute Gasteiger partial charge is 0.472 e. The number of hydrogen-bond acceptors (Lipinski definition) is 15. The molecule has 17 nitrogen and oxygen atoms in total. The number of esters is 4. The van der Waals surface area contributed by atoms with Gasteiger partial charge in [0.15, 0.2) is 12.2 Å². The van der Waals surface area contributed by atoms with Crippen LogP contribution in [0, 0.1) is 5.92 Å². The lowest BCUT2D eigenvalue weighted by Crippen LogP contribution is -2.30. The van der Waals surface area contributed by atoms with Gasteiger partial charge in [-0.15, -0.1) is 0 Å². The van der Waals surface area contributed by atoms with E-state index in [1.54, 1.807) is 0 Å². The van der Waals surface area contributed by atoms with Gasteiger partial charge in [0.1, 0.15) is 19.3 Å². The van der Waals surface area contributed by atoms with E-state index >= 15 is 0 Å². The molecular weight excluding hydrogens is 1280 g/mol. The lowest BCUT2D eigenvalue weighted by atomic mass is 10.0. The van der Waals surface area contributed by atoms with Crippen LogP contribution < -0.4 is 0 Å². The number of phosphoric acid groups is 2. The maximum absolute atomic E-state index is 13.1. The smallest absolute Gasteiger partial charge is 0.462 e. The number of aliphatic hydroxyl groups excluding tert-OH is 1.